The van der Waals surface area contributed by atoms with Crippen LogP contribution in [0.2, 0.25) is 0 Å². The van der Waals surface area contributed by atoms with Crippen LogP contribution in [0, 0.1) is 3.57 Å². The van der Waals surface area contributed by atoms with E-state index in [1.54, 1.807) is 22.6 Å². The van der Waals surface area contributed by atoms with Crippen LogP contribution < -0.4 is 9.71 Å². The third kappa shape index (κ3) is 4.93. The van der Waals surface area contributed by atoms with Gasteiger partial charge in [-0.2, -0.15) is 26.0 Å². The van der Waals surface area contributed by atoms with Crippen molar-refractivity contribution < 1.29 is 26.0 Å². The molecule has 0 saturated heterocycles. The van der Waals surface area contributed by atoms with Crippen molar-refractivity contribution in [2.45, 2.75) is 11.1 Å². The quantitative estimate of drug-likeness (QED) is 0.424. The predicted octanol–water partition coefficient (Wildman–Crippen LogP) is 2.13. The van der Waals surface area contributed by atoms with Gasteiger partial charge in [-0.05, 0) is 59.0 Å². The molecule has 0 radical (unpaired) electrons. The largest absolute Gasteiger partial charge is 0.495 e. The Morgan fingerprint density at radius 3 is 2.09 bits per heavy atom. The van der Waals surface area contributed by atoms with Crippen LogP contribution in [0.4, 0.5) is 18.9 Å². The summed E-state index contributed by atoms with van der Waals surface area (Å²) in [7, 11) is -4.34. The van der Waals surface area contributed by atoms with Gasteiger partial charge in [0.1, 0.15) is 10.6 Å². The van der Waals surface area contributed by atoms with Crippen molar-refractivity contribution in [1.82, 2.24) is 0 Å². The number of rotatable bonds is 3. The second-order valence-electron chi connectivity index (χ2n) is 4.42. The minimum Gasteiger partial charge on any atom is -0.236 e. The smallest absolute Gasteiger partial charge is 0.236 e. The predicted molar refractivity (Wildman–Crippen MR) is 88.4 cm³/mol. The molecule has 0 aliphatic carbocycles. The zero-order valence-corrected chi connectivity index (χ0v) is 14.4. The number of halogens is 4. The van der Waals surface area contributed by atoms with Crippen LogP contribution in [0.1, 0.15) is 0 Å². The van der Waals surface area contributed by atoms with Gasteiger partial charge in [0, 0.05) is 3.57 Å². The summed E-state index contributed by atoms with van der Waals surface area (Å²) in [6.07, 6.45) is -4.88. The van der Waals surface area contributed by atoms with E-state index in [4.69, 9.17) is 0 Å². The van der Waals surface area contributed by atoms with Gasteiger partial charge in [-0.25, -0.2) is 5.32 Å². The molecule has 0 bridgehead atoms. The van der Waals surface area contributed by atoms with Gasteiger partial charge in [0.05, 0.1) is 0 Å². The van der Waals surface area contributed by atoms with Crippen molar-refractivity contribution >= 4 is 44.1 Å². The van der Waals surface area contributed by atoms with Gasteiger partial charge in [-0.3, -0.25) is 0 Å². The van der Waals surface area contributed by atoms with Crippen molar-refractivity contribution in [3.8, 4) is 0 Å². The molecule has 0 heterocycles. The fourth-order valence-electron chi connectivity index (χ4n) is 1.62. The summed E-state index contributed by atoms with van der Waals surface area (Å²) >= 11 is 2.01. The SMILES string of the molecule is O=S(=O)([NH+]=C(Nc1ccc(I)cc1)C(F)(F)F)c1ccccc1. The lowest BCUT2D eigenvalue weighted by Gasteiger charge is -2.07. The lowest BCUT2D eigenvalue weighted by molar-refractivity contribution is -0.289. The third-order valence-electron chi connectivity index (χ3n) is 2.69. The molecule has 23 heavy (non-hydrogen) atoms. The van der Waals surface area contributed by atoms with Crippen molar-refractivity contribution in [2.75, 3.05) is 5.32 Å². The molecule has 0 saturated carbocycles. The molecule has 0 aliphatic rings. The topological polar surface area (TPSA) is 60.1 Å². The maximum Gasteiger partial charge on any atom is 0.495 e. The standard InChI is InChI=1S/C14H10F3IN2O2S/c15-14(16,17)13(19-11-8-6-10(18)7-9-11)20-23(21,22)12-4-2-1-3-5-12/h1-9H,(H,19,20)/p+1. The van der Waals surface area contributed by atoms with Crippen LogP contribution in [0.3, 0.4) is 0 Å². The van der Waals surface area contributed by atoms with E-state index < -0.39 is 22.0 Å². The molecule has 0 amide bonds. The Bertz CT molecular complexity index is 804. The second-order valence-corrected chi connectivity index (χ2v) is 7.35. The number of benzene rings is 2. The lowest BCUT2D eigenvalue weighted by Crippen LogP contribution is -2.80. The van der Waals surface area contributed by atoms with Crippen LogP contribution in [-0.2, 0) is 10.0 Å². The molecular formula is C14H11F3IN2O2S+. The highest BCUT2D eigenvalue weighted by molar-refractivity contribution is 14.1. The summed E-state index contributed by atoms with van der Waals surface area (Å²) in [5.41, 5.74) is 0.119. The maximum absolute atomic E-state index is 13.1. The fraction of sp³-hybridized carbons (Fsp3) is 0.0714. The third-order valence-corrected chi connectivity index (χ3v) is 4.77. The van der Waals surface area contributed by atoms with Gasteiger partial charge >= 0.3 is 22.0 Å². The van der Waals surface area contributed by atoms with Crippen LogP contribution in [0.5, 0.6) is 0 Å². The summed E-state index contributed by atoms with van der Waals surface area (Å²) in [5.74, 6) is -1.47. The van der Waals surface area contributed by atoms with Gasteiger partial charge < -0.3 is 0 Å². The highest BCUT2D eigenvalue weighted by Crippen LogP contribution is 2.18. The molecule has 4 nitrogen and oxygen atoms in total. The van der Waals surface area contributed by atoms with Crippen LogP contribution in [0.15, 0.2) is 59.5 Å². The molecule has 0 atom stereocenters. The van der Waals surface area contributed by atoms with Crippen molar-refractivity contribution in [1.29, 1.82) is 0 Å². The van der Waals surface area contributed by atoms with E-state index in [0.29, 0.717) is 0 Å². The lowest BCUT2D eigenvalue weighted by atomic mass is 10.3. The normalized spacial score (nSPS) is 13.0. The summed E-state index contributed by atoms with van der Waals surface area (Å²) < 4.78 is 65.8. The van der Waals surface area contributed by atoms with Crippen molar-refractivity contribution in [2.24, 2.45) is 0 Å². The molecule has 0 fully saturated rings. The van der Waals surface area contributed by atoms with Crippen molar-refractivity contribution in [3.05, 3.63) is 58.2 Å². The van der Waals surface area contributed by atoms with Gasteiger partial charge in [0.2, 0.25) is 0 Å². The van der Waals surface area contributed by atoms with Crippen LogP contribution in [0.25, 0.3) is 0 Å². The first-order valence-corrected chi connectivity index (χ1v) is 8.79. The zero-order chi connectivity index (χ0) is 17.1. The number of alkyl halides is 3. The summed E-state index contributed by atoms with van der Waals surface area (Å²) in [6, 6.07) is 12.9. The molecule has 2 aromatic carbocycles. The molecule has 122 valence electrons. The first kappa shape index (κ1) is 17.7. The summed E-state index contributed by atoms with van der Waals surface area (Å²) in [4.78, 5) is -0.258. The van der Waals surface area contributed by atoms with Gasteiger partial charge in [-0.15, -0.1) is 0 Å². The summed E-state index contributed by atoms with van der Waals surface area (Å²) in [5, 5.41) is 2.07. The Kier molecular flexibility index (Phi) is 5.30. The maximum atomic E-state index is 13.1. The molecular weight excluding hydrogens is 444 g/mol. The minimum atomic E-state index is -4.88. The van der Waals surface area contributed by atoms with E-state index in [-0.39, 0.29) is 10.6 Å². The molecule has 2 N–H and O–H groups in total. The Balaban J connectivity index is 2.41. The van der Waals surface area contributed by atoms with Crippen molar-refractivity contribution in [3.63, 3.8) is 0 Å². The van der Waals surface area contributed by atoms with E-state index >= 15 is 0 Å². The Morgan fingerprint density at radius 1 is 1.00 bits per heavy atom. The number of anilines is 1. The molecule has 2 rings (SSSR count). The van der Waals surface area contributed by atoms with Crippen LogP contribution in [-0.4, -0.2) is 20.4 Å². The molecule has 2 aromatic rings. The number of hydrogen-bond acceptors (Lipinski definition) is 2. The van der Waals surface area contributed by atoms with E-state index in [9.17, 15) is 21.6 Å². The molecule has 0 spiro atoms. The average molecular weight is 455 g/mol. The molecule has 9 heteroatoms. The molecule has 0 aromatic heterocycles. The first-order valence-electron chi connectivity index (χ1n) is 6.23. The Morgan fingerprint density at radius 2 is 1.57 bits per heavy atom. The van der Waals surface area contributed by atoms with Gasteiger partial charge in [0.25, 0.3) is 0 Å². The number of sulfonamides is 1. The monoisotopic (exact) mass is 455 g/mol. The Hall–Kier alpha value is -1.62. The highest BCUT2D eigenvalue weighted by atomic mass is 127. The number of amidine groups is 1. The molecule has 0 unspecified atom stereocenters. The van der Waals surface area contributed by atoms with E-state index in [2.05, 4.69) is 5.32 Å². The number of nitrogens with one attached hydrogen (secondary N) is 2. The van der Waals surface area contributed by atoms with E-state index in [1.165, 1.54) is 36.4 Å². The fourth-order valence-corrected chi connectivity index (χ4v) is 3.05. The van der Waals surface area contributed by atoms with E-state index in [0.717, 1.165) is 3.57 Å². The number of hydrogen-bond donors (Lipinski definition) is 2. The van der Waals surface area contributed by atoms with Crippen LogP contribution >= 0.6 is 22.6 Å². The minimum absolute atomic E-state index is 0.119. The van der Waals surface area contributed by atoms with E-state index in [1.807, 2.05) is 22.6 Å². The first-order chi connectivity index (χ1) is 10.7. The van der Waals surface area contributed by atoms with Gasteiger partial charge in [0.15, 0.2) is 0 Å². The zero-order valence-electron chi connectivity index (χ0n) is 11.4. The summed E-state index contributed by atoms with van der Waals surface area (Å²) in [6.45, 7) is 0. The average Bonchev–Trinajstić information content (AvgIpc) is 2.48. The second kappa shape index (κ2) is 6.87. The van der Waals surface area contributed by atoms with Gasteiger partial charge in [-0.1, -0.05) is 18.2 Å². The Labute approximate surface area is 144 Å². The highest BCUT2D eigenvalue weighted by Gasteiger charge is 2.44. The molecule has 0 aliphatic heterocycles.